The number of benzene rings is 1. The minimum atomic E-state index is -3.60. The van der Waals surface area contributed by atoms with Crippen LogP contribution in [0.15, 0.2) is 53.7 Å². The number of aromatic nitrogens is 1. The molecule has 35 heavy (non-hydrogen) atoms. The van der Waals surface area contributed by atoms with E-state index >= 15 is 0 Å². The van der Waals surface area contributed by atoms with Crippen molar-refractivity contribution in [2.75, 3.05) is 31.5 Å². The molecular formula is C25H33N5O4S. The van der Waals surface area contributed by atoms with Gasteiger partial charge in [-0.05, 0) is 68.5 Å². The van der Waals surface area contributed by atoms with Crippen molar-refractivity contribution in [2.24, 2.45) is 5.92 Å². The monoisotopic (exact) mass is 499 g/mol. The van der Waals surface area contributed by atoms with Crippen LogP contribution in [-0.4, -0.2) is 66.6 Å². The van der Waals surface area contributed by atoms with E-state index in [2.05, 4.69) is 20.5 Å². The van der Waals surface area contributed by atoms with Crippen molar-refractivity contribution in [3.05, 3.63) is 54.4 Å². The highest BCUT2D eigenvalue weighted by Crippen LogP contribution is 2.29. The third kappa shape index (κ3) is 6.45. The largest absolute Gasteiger partial charge is 0.334 e. The Balaban J connectivity index is 1.26. The molecule has 0 unspecified atom stereocenters. The number of sulfonamides is 1. The maximum atomic E-state index is 13.1. The van der Waals surface area contributed by atoms with E-state index in [0.29, 0.717) is 44.5 Å². The molecule has 1 aliphatic heterocycles. The number of anilines is 1. The van der Waals surface area contributed by atoms with Crippen LogP contribution in [0.2, 0.25) is 0 Å². The topological polar surface area (TPSA) is 112 Å². The Hall–Kier alpha value is -2.82. The summed E-state index contributed by atoms with van der Waals surface area (Å²) in [5.74, 6) is 0.476. The smallest absolute Gasteiger partial charge is 0.319 e. The van der Waals surface area contributed by atoms with Gasteiger partial charge in [0.2, 0.25) is 10.0 Å². The summed E-state index contributed by atoms with van der Waals surface area (Å²) in [7, 11) is -3.60. The molecule has 1 aliphatic carbocycles. The molecule has 2 aromatic rings. The number of nitrogens with one attached hydrogen (secondary N) is 2. The van der Waals surface area contributed by atoms with Gasteiger partial charge in [-0.3, -0.25) is 14.7 Å². The van der Waals surface area contributed by atoms with Crippen molar-refractivity contribution >= 4 is 27.5 Å². The molecule has 4 rings (SSSR count). The van der Waals surface area contributed by atoms with Gasteiger partial charge in [0.1, 0.15) is 5.78 Å². The highest BCUT2D eigenvalue weighted by atomic mass is 32.2. The number of Topliss-reactive ketones (excluding diaryl/α,β-unsaturated/α-hetero) is 1. The number of pyridine rings is 1. The Labute approximate surface area is 207 Å². The van der Waals surface area contributed by atoms with Crippen LogP contribution < -0.4 is 10.6 Å². The molecule has 2 aliphatic rings. The summed E-state index contributed by atoms with van der Waals surface area (Å²) in [4.78, 5) is 30.3. The molecule has 1 saturated heterocycles. The van der Waals surface area contributed by atoms with Crippen LogP contribution in [0.5, 0.6) is 0 Å². The summed E-state index contributed by atoms with van der Waals surface area (Å²) in [5.41, 5.74) is 1.39. The first-order chi connectivity index (χ1) is 16.8. The van der Waals surface area contributed by atoms with E-state index in [9.17, 15) is 18.0 Å². The van der Waals surface area contributed by atoms with Crippen molar-refractivity contribution in [1.82, 2.24) is 19.5 Å². The molecular weight excluding hydrogens is 466 g/mol. The number of carbonyl (C=O) groups is 2. The van der Waals surface area contributed by atoms with Gasteiger partial charge < -0.3 is 10.6 Å². The van der Waals surface area contributed by atoms with E-state index in [1.807, 2.05) is 6.07 Å². The third-order valence-electron chi connectivity index (χ3n) is 6.99. The van der Waals surface area contributed by atoms with E-state index in [-0.39, 0.29) is 22.6 Å². The molecule has 1 saturated carbocycles. The second kappa shape index (κ2) is 11.3. The number of rotatable bonds is 7. The zero-order valence-electron chi connectivity index (χ0n) is 20.0. The number of ketones is 1. The van der Waals surface area contributed by atoms with E-state index < -0.39 is 10.0 Å². The van der Waals surface area contributed by atoms with Gasteiger partial charge in [-0.15, -0.1) is 0 Å². The molecule has 2 amide bonds. The van der Waals surface area contributed by atoms with Crippen LogP contribution >= 0.6 is 0 Å². The number of hydrogen-bond donors (Lipinski definition) is 2. The van der Waals surface area contributed by atoms with Gasteiger partial charge in [-0.1, -0.05) is 6.07 Å². The summed E-state index contributed by atoms with van der Waals surface area (Å²) in [6.07, 6.45) is 7.21. The lowest BCUT2D eigenvalue weighted by Crippen LogP contribution is -2.52. The molecule has 188 valence electrons. The Morgan fingerprint density at radius 2 is 1.69 bits per heavy atom. The molecule has 2 heterocycles. The zero-order valence-corrected chi connectivity index (χ0v) is 20.8. The molecule has 2 N–H and O–H groups in total. The quantitative estimate of drug-likeness (QED) is 0.606. The van der Waals surface area contributed by atoms with Crippen molar-refractivity contribution in [2.45, 2.75) is 50.1 Å². The maximum absolute atomic E-state index is 13.1. The molecule has 1 aromatic heterocycles. The maximum Gasteiger partial charge on any atom is 0.319 e. The fourth-order valence-corrected chi connectivity index (χ4v) is 6.30. The SMILES string of the molecule is CC(=O)C1CCC(N2CCN(S(=O)(=O)c3ccc(NC(=O)NCc4cccnc4)cc3)CC2)CC1. The van der Waals surface area contributed by atoms with Gasteiger partial charge in [0, 0.05) is 62.8 Å². The number of nitrogens with zero attached hydrogens (tertiary/aromatic N) is 3. The van der Waals surface area contributed by atoms with E-state index in [0.717, 1.165) is 31.2 Å². The van der Waals surface area contributed by atoms with Crippen LogP contribution in [0, 0.1) is 5.92 Å². The van der Waals surface area contributed by atoms with Crippen LogP contribution in [0.25, 0.3) is 0 Å². The minimum Gasteiger partial charge on any atom is -0.334 e. The predicted octanol–water partition coefficient (Wildman–Crippen LogP) is 2.86. The van der Waals surface area contributed by atoms with Crippen molar-refractivity contribution < 1.29 is 18.0 Å². The first-order valence-corrected chi connectivity index (χ1v) is 13.6. The molecule has 0 bridgehead atoms. The van der Waals surface area contributed by atoms with Crippen LogP contribution in [0.4, 0.5) is 10.5 Å². The average Bonchev–Trinajstić information content (AvgIpc) is 2.88. The lowest BCUT2D eigenvalue weighted by Gasteiger charge is -2.41. The lowest BCUT2D eigenvalue weighted by molar-refractivity contribution is -0.122. The Bertz CT molecular complexity index is 1110. The minimum absolute atomic E-state index is 0.192. The number of amides is 2. The second-order valence-electron chi connectivity index (χ2n) is 9.25. The third-order valence-corrected chi connectivity index (χ3v) is 8.90. The van der Waals surface area contributed by atoms with E-state index in [1.165, 1.54) is 16.4 Å². The number of hydrogen-bond acceptors (Lipinski definition) is 6. The molecule has 10 heteroatoms. The number of urea groups is 1. The van der Waals surface area contributed by atoms with Crippen LogP contribution in [-0.2, 0) is 21.4 Å². The molecule has 0 spiro atoms. The predicted molar refractivity (Wildman–Crippen MR) is 133 cm³/mol. The van der Waals surface area contributed by atoms with Gasteiger partial charge in [-0.25, -0.2) is 13.2 Å². The fourth-order valence-electron chi connectivity index (χ4n) is 4.88. The molecule has 2 fully saturated rings. The molecule has 1 aromatic carbocycles. The van der Waals surface area contributed by atoms with Crippen molar-refractivity contribution in [1.29, 1.82) is 0 Å². The summed E-state index contributed by atoms with van der Waals surface area (Å²) in [6.45, 7) is 4.32. The number of piperazine rings is 1. The molecule has 0 radical (unpaired) electrons. The zero-order chi connectivity index (χ0) is 24.8. The molecule has 0 atom stereocenters. The van der Waals surface area contributed by atoms with Gasteiger partial charge in [0.25, 0.3) is 0 Å². The fraction of sp³-hybridized carbons (Fsp3) is 0.480. The van der Waals surface area contributed by atoms with Gasteiger partial charge in [0.15, 0.2) is 0 Å². The first kappa shape index (κ1) is 25.3. The Morgan fingerprint density at radius 1 is 1.00 bits per heavy atom. The second-order valence-corrected chi connectivity index (χ2v) is 11.2. The summed E-state index contributed by atoms with van der Waals surface area (Å²) in [6, 6.07) is 9.98. The van der Waals surface area contributed by atoms with E-state index in [4.69, 9.17) is 0 Å². The van der Waals surface area contributed by atoms with Gasteiger partial charge in [-0.2, -0.15) is 4.31 Å². The average molecular weight is 500 g/mol. The highest BCUT2D eigenvalue weighted by Gasteiger charge is 2.33. The Kier molecular flexibility index (Phi) is 8.15. The van der Waals surface area contributed by atoms with E-state index in [1.54, 1.807) is 37.5 Å². The standard InChI is InChI=1S/C25H33N5O4S/c1-19(31)21-4-8-23(9-5-21)29-13-15-30(16-14-29)35(33,34)24-10-6-22(7-11-24)28-25(32)27-18-20-3-2-12-26-17-20/h2-3,6-7,10-12,17,21,23H,4-5,8-9,13-16,18H2,1H3,(H2,27,28,32). The highest BCUT2D eigenvalue weighted by molar-refractivity contribution is 7.89. The first-order valence-electron chi connectivity index (χ1n) is 12.1. The summed E-state index contributed by atoms with van der Waals surface area (Å²) >= 11 is 0. The molecule has 9 nitrogen and oxygen atoms in total. The van der Waals surface area contributed by atoms with Crippen molar-refractivity contribution in [3.8, 4) is 0 Å². The van der Waals surface area contributed by atoms with Gasteiger partial charge in [0.05, 0.1) is 4.90 Å². The summed E-state index contributed by atoms with van der Waals surface area (Å²) in [5, 5.41) is 5.46. The Morgan fingerprint density at radius 3 is 2.29 bits per heavy atom. The summed E-state index contributed by atoms with van der Waals surface area (Å²) < 4.78 is 27.8. The van der Waals surface area contributed by atoms with Crippen molar-refractivity contribution in [3.63, 3.8) is 0 Å². The number of carbonyl (C=O) groups excluding carboxylic acids is 2. The van der Waals surface area contributed by atoms with Crippen LogP contribution in [0.1, 0.15) is 38.2 Å². The van der Waals surface area contributed by atoms with Gasteiger partial charge >= 0.3 is 6.03 Å². The normalized spacial score (nSPS) is 21.9. The van der Waals surface area contributed by atoms with Crippen LogP contribution in [0.3, 0.4) is 0 Å². The lowest BCUT2D eigenvalue weighted by atomic mass is 9.83.